The molecule has 1 saturated carbocycles. The van der Waals surface area contributed by atoms with E-state index in [1.165, 1.54) is 18.2 Å². The lowest BCUT2D eigenvalue weighted by molar-refractivity contribution is -0.189. The van der Waals surface area contributed by atoms with Gasteiger partial charge in [0, 0.05) is 29.3 Å². The van der Waals surface area contributed by atoms with Gasteiger partial charge < -0.3 is 9.47 Å². The van der Waals surface area contributed by atoms with Gasteiger partial charge in [0.25, 0.3) is 6.08 Å². The molecule has 12 heteroatoms. The summed E-state index contributed by atoms with van der Waals surface area (Å²) in [4.78, 5) is 0. The van der Waals surface area contributed by atoms with Gasteiger partial charge in [-0.15, -0.1) is 6.58 Å². The molecule has 1 aliphatic carbocycles. The molecule has 0 spiro atoms. The topological polar surface area (TPSA) is 18.5 Å². The highest BCUT2D eigenvalue weighted by atomic mass is 19.3. The molecule has 4 aromatic carbocycles. The summed E-state index contributed by atoms with van der Waals surface area (Å²) in [5.41, 5.74) is -3.10. The number of rotatable bonds is 10. The van der Waals surface area contributed by atoms with E-state index in [0.717, 1.165) is 43.4 Å². The first-order valence-electron chi connectivity index (χ1n) is 14.7. The Labute approximate surface area is 268 Å². The second-order valence-electron chi connectivity index (χ2n) is 11.2. The quantitative estimate of drug-likeness (QED) is 0.123. The van der Waals surface area contributed by atoms with E-state index in [2.05, 4.69) is 11.3 Å². The molecule has 2 nitrogen and oxygen atoms in total. The van der Waals surface area contributed by atoms with Crippen molar-refractivity contribution in [2.75, 3.05) is 6.61 Å². The van der Waals surface area contributed by atoms with Gasteiger partial charge in [-0.25, -0.2) is 26.3 Å². The molecule has 0 saturated heterocycles. The molecule has 0 aromatic heterocycles. The van der Waals surface area contributed by atoms with E-state index in [-0.39, 0.29) is 41.4 Å². The van der Waals surface area contributed by atoms with Crippen LogP contribution in [0.1, 0.15) is 48.3 Å². The van der Waals surface area contributed by atoms with Crippen LogP contribution in [0.3, 0.4) is 0 Å². The van der Waals surface area contributed by atoms with E-state index >= 15 is 8.78 Å². The average Bonchev–Trinajstić information content (AvgIpc) is 3.01. The third-order valence-electron chi connectivity index (χ3n) is 8.06. The fourth-order valence-electron chi connectivity index (χ4n) is 5.78. The van der Waals surface area contributed by atoms with Crippen LogP contribution in [0.5, 0.6) is 5.75 Å². The van der Waals surface area contributed by atoms with Crippen molar-refractivity contribution < 1.29 is 53.4 Å². The molecule has 0 amide bonds. The summed E-state index contributed by atoms with van der Waals surface area (Å²) in [6.07, 6.45) is -2.45. The Kier molecular flexibility index (Phi) is 10.3. The van der Waals surface area contributed by atoms with E-state index in [0.29, 0.717) is 18.7 Å². The molecule has 0 heterocycles. The van der Waals surface area contributed by atoms with Gasteiger partial charge in [-0.1, -0.05) is 30.3 Å². The van der Waals surface area contributed by atoms with E-state index in [4.69, 9.17) is 4.74 Å². The molecule has 0 radical (unpaired) electrons. The maximum Gasteiger partial charge on any atom is 0.432 e. The van der Waals surface area contributed by atoms with E-state index in [9.17, 15) is 35.1 Å². The van der Waals surface area contributed by atoms with Gasteiger partial charge in [-0.05, 0) is 72.6 Å². The summed E-state index contributed by atoms with van der Waals surface area (Å²) in [6, 6.07) is 9.07. The Hall–Kier alpha value is -4.58. The third-order valence-corrected chi connectivity index (χ3v) is 8.06. The monoisotopic (exact) mass is 680 g/mol. The second-order valence-corrected chi connectivity index (χ2v) is 11.2. The van der Waals surface area contributed by atoms with Crippen LogP contribution in [-0.4, -0.2) is 12.7 Å². The zero-order valence-corrected chi connectivity index (χ0v) is 24.9. The molecular formula is C36H26F10O2. The van der Waals surface area contributed by atoms with Gasteiger partial charge in [0.05, 0.1) is 18.3 Å². The van der Waals surface area contributed by atoms with Crippen molar-refractivity contribution >= 4 is 6.08 Å². The van der Waals surface area contributed by atoms with Gasteiger partial charge in [0.15, 0.2) is 0 Å². The highest BCUT2D eigenvalue weighted by Gasteiger charge is 2.41. The van der Waals surface area contributed by atoms with Crippen LogP contribution in [0.2, 0.25) is 0 Å². The molecule has 0 aliphatic heterocycles. The number of alkyl halides is 2. The summed E-state index contributed by atoms with van der Waals surface area (Å²) < 4.78 is 153. The predicted octanol–water partition coefficient (Wildman–Crippen LogP) is 11.4. The molecule has 5 rings (SSSR count). The predicted molar refractivity (Wildman–Crippen MR) is 159 cm³/mol. The van der Waals surface area contributed by atoms with E-state index in [1.54, 1.807) is 12.1 Å². The van der Waals surface area contributed by atoms with Crippen LogP contribution in [0.25, 0.3) is 28.3 Å². The van der Waals surface area contributed by atoms with Crippen LogP contribution < -0.4 is 4.74 Å². The van der Waals surface area contributed by atoms with E-state index < -0.39 is 75.1 Å². The summed E-state index contributed by atoms with van der Waals surface area (Å²) in [7, 11) is 0. The molecule has 1 aliphatic rings. The highest BCUT2D eigenvalue weighted by molar-refractivity contribution is 5.72. The van der Waals surface area contributed by atoms with Gasteiger partial charge in [0.2, 0.25) is 0 Å². The second kappa shape index (κ2) is 14.3. The fraction of sp³-hybridized carbons (Fsp3) is 0.222. The molecule has 0 atom stereocenters. The lowest BCUT2D eigenvalue weighted by Crippen LogP contribution is -2.25. The molecule has 252 valence electrons. The SMILES string of the molecule is C=CCOC1CCC(c2ccc(-c3ccc(-c4cc(F)c(C(F)(F)Oc5cc(F)c(C=C(F)F)c(F)c5)c(F)c4)c(F)c3)c(F)c2)CC1. The van der Waals surface area contributed by atoms with Crippen LogP contribution >= 0.6 is 0 Å². The van der Waals surface area contributed by atoms with Crippen LogP contribution in [0.15, 0.2) is 79.4 Å². The number of hydrogen-bond donors (Lipinski definition) is 0. The lowest BCUT2D eigenvalue weighted by atomic mass is 9.82. The molecular weight excluding hydrogens is 654 g/mol. The Morgan fingerprint density at radius 1 is 0.708 bits per heavy atom. The molecule has 48 heavy (non-hydrogen) atoms. The fourth-order valence-corrected chi connectivity index (χ4v) is 5.78. The van der Waals surface area contributed by atoms with Crippen LogP contribution in [0.4, 0.5) is 43.9 Å². The van der Waals surface area contributed by atoms with Crippen molar-refractivity contribution in [1.29, 1.82) is 0 Å². The number of hydrogen-bond acceptors (Lipinski definition) is 2. The maximum absolute atomic E-state index is 15.2. The first kappa shape index (κ1) is 34.7. The first-order chi connectivity index (χ1) is 22.8. The van der Waals surface area contributed by atoms with Gasteiger partial charge >= 0.3 is 6.11 Å². The van der Waals surface area contributed by atoms with Crippen molar-refractivity contribution in [2.45, 2.75) is 43.8 Å². The average molecular weight is 681 g/mol. The number of halogens is 10. The summed E-state index contributed by atoms with van der Waals surface area (Å²) in [5, 5.41) is 0. The van der Waals surface area contributed by atoms with Gasteiger partial charge in [-0.2, -0.15) is 17.6 Å². The molecule has 0 bridgehead atoms. The summed E-state index contributed by atoms with van der Waals surface area (Å²) in [5.74, 6) is -9.94. The maximum atomic E-state index is 15.2. The minimum absolute atomic E-state index is 0.0726. The van der Waals surface area contributed by atoms with Crippen molar-refractivity contribution in [1.82, 2.24) is 0 Å². The number of benzene rings is 4. The lowest BCUT2D eigenvalue weighted by Gasteiger charge is -2.28. The zero-order chi connectivity index (χ0) is 34.7. The van der Waals surface area contributed by atoms with Crippen molar-refractivity contribution in [3.8, 4) is 28.0 Å². The molecule has 0 N–H and O–H groups in total. The largest absolute Gasteiger partial charge is 0.432 e. The normalized spacial score (nSPS) is 16.5. The van der Waals surface area contributed by atoms with Crippen molar-refractivity contribution in [3.05, 3.63) is 131 Å². The Balaban J connectivity index is 1.35. The summed E-state index contributed by atoms with van der Waals surface area (Å²) in [6.45, 7) is 4.10. The highest BCUT2D eigenvalue weighted by Crippen LogP contribution is 2.40. The molecule has 0 unspecified atom stereocenters. The van der Waals surface area contributed by atoms with Crippen molar-refractivity contribution in [3.63, 3.8) is 0 Å². The smallest absolute Gasteiger partial charge is 0.429 e. The van der Waals surface area contributed by atoms with Crippen LogP contribution in [0, 0.1) is 34.9 Å². The minimum Gasteiger partial charge on any atom is -0.429 e. The summed E-state index contributed by atoms with van der Waals surface area (Å²) >= 11 is 0. The zero-order valence-electron chi connectivity index (χ0n) is 24.9. The number of ether oxygens (including phenoxy) is 2. The standard InChI is InChI=1S/C36H26F10O2/c1-2-11-47-23-7-3-19(4-8-23)20-5-9-25(28(37)12-20)21-6-10-26(29(38)13-21)22-14-32(41)35(33(42)15-22)36(45,46)48-24-16-30(39)27(18-34(43)44)31(40)17-24/h2,5-6,9-10,12-19,23H,1,3-4,7-8,11H2. The van der Waals surface area contributed by atoms with Gasteiger partial charge in [-0.3, -0.25) is 0 Å². The van der Waals surface area contributed by atoms with Crippen LogP contribution in [-0.2, 0) is 10.8 Å². The Morgan fingerprint density at radius 3 is 1.83 bits per heavy atom. The van der Waals surface area contributed by atoms with E-state index in [1.807, 2.05) is 0 Å². The van der Waals surface area contributed by atoms with Gasteiger partial charge in [0.1, 0.15) is 46.2 Å². The molecule has 1 fully saturated rings. The van der Waals surface area contributed by atoms with Crippen molar-refractivity contribution in [2.24, 2.45) is 0 Å². The minimum atomic E-state index is -4.85. The Bertz CT molecular complexity index is 1810. The Morgan fingerprint density at radius 2 is 1.27 bits per heavy atom. The first-order valence-corrected chi connectivity index (χ1v) is 14.7. The third kappa shape index (κ3) is 7.59. The molecule has 4 aromatic rings.